The van der Waals surface area contributed by atoms with Gasteiger partial charge in [-0.15, -0.1) is 0 Å². The number of amides is 1. The van der Waals surface area contributed by atoms with E-state index in [1.54, 1.807) is 18.2 Å². The molecule has 1 heterocycles. The van der Waals surface area contributed by atoms with Crippen LogP contribution in [0.4, 0.5) is 0 Å². The summed E-state index contributed by atoms with van der Waals surface area (Å²) in [5.74, 6) is 0.656. The number of methoxy groups -OCH3 is 1. The molecule has 0 atom stereocenters. The van der Waals surface area contributed by atoms with Crippen molar-refractivity contribution in [2.75, 3.05) is 13.7 Å². The zero-order valence-electron chi connectivity index (χ0n) is 17.0. The molecule has 0 spiro atoms. The Morgan fingerprint density at radius 2 is 1.93 bits per heavy atom. The highest BCUT2D eigenvalue weighted by atomic mass is 16.5. The Morgan fingerprint density at radius 3 is 2.63 bits per heavy atom. The van der Waals surface area contributed by atoms with Crippen molar-refractivity contribution in [1.29, 1.82) is 5.26 Å². The second kappa shape index (κ2) is 9.43. The molecule has 0 aliphatic rings. The number of hydrogen-bond donors (Lipinski definition) is 1. The monoisotopic (exact) mass is 402 g/mol. The molecule has 0 saturated heterocycles. The molecule has 1 amide bonds. The second-order valence-corrected chi connectivity index (χ2v) is 6.51. The third-order valence-electron chi connectivity index (χ3n) is 4.55. The maximum absolute atomic E-state index is 12.6. The molecular formula is C23H22N4O3. The Hall–Kier alpha value is -4.05. The highest BCUT2D eigenvalue weighted by molar-refractivity contribution is 5.96. The Labute approximate surface area is 175 Å². The predicted molar refractivity (Wildman–Crippen MR) is 114 cm³/mol. The van der Waals surface area contributed by atoms with Gasteiger partial charge < -0.3 is 14.0 Å². The minimum atomic E-state index is -0.289. The first kappa shape index (κ1) is 20.7. The van der Waals surface area contributed by atoms with Gasteiger partial charge in [-0.1, -0.05) is 18.2 Å². The number of carbonyl (C=O) groups excluding carboxylic acids is 1. The van der Waals surface area contributed by atoms with Crippen LogP contribution in [0.1, 0.15) is 27.3 Å². The Morgan fingerprint density at radius 1 is 1.17 bits per heavy atom. The van der Waals surface area contributed by atoms with Gasteiger partial charge in [0.2, 0.25) is 0 Å². The number of hydrogen-bond acceptors (Lipinski definition) is 5. The van der Waals surface area contributed by atoms with Crippen LogP contribution in [-0.4, -0.2) is 30.4 Å². The first-order chi connectivity index (χ1) is 14.5. The van der Waals surface area contributed by atoms with Crippen molar-refractivity contribution < 1.29 is 14.3 Å². The molecule has 7 heteroatoms. The summed E-state index contributed by atoms with van der Waals surface area (Å²) < 4.78 is 12.6. The molecule has 0 bridgehead atoms. The fraction of sp³-hybridized carbons (Fsp3) is 0.174. The van der Waals surface area contributed by atoms with Crippen LogP contribution in [0.2, 0.25) is 0 Å². The molecule has 0 saturated carbocycles. The van der Waals surface area contributed by atoms with Crippen molar-refractivity contribution in [2.24, 2.45) is 5.10 Å². The maximum Gasteiger partial charge on any atom is 0.273 e. The maximum atomic E-state index is 12.6. The summed E-state index contributed by atoms with van der Waals surface area (Å²) in [6, 6.07) is 18.8. The SMILES string of the molecule is COc1cc(/C=N/NC(=O)c2cc(C)n(-c3ccccc3)c2C)ccc1OCC#N. The largest absolute Gasteiger partial charge is 0.493 e. The number of benzene rings is 2. The van der Waals surface area contributed by atoms with Crippen LogP contribution in [-0.2, 0) is 0 Å². The van der Waals surface area contributed by atoms with Gasteiger partial charge in [0.25, 0.3) is 5.91 Å². The van der Waals surface area contributed by atoms with Crippen molar-refractivity contribution in [3.05, 3.63) is 77.1 Å². The predicted octanol–water partition coefficient (Wildman–Crippen LogP) is 3.77. The van der Waals surface area contributed by atoms with Crippen molar-refractivity contribution in [3.63, 3.8) is 0 Å². The normalized spacial score (nSPS) is 10.6. The van der Waals surface area contributed by atoms with Crippen LogP contribution in [0.5, 0.6) is 11.5 Å². The molecule has 3 aromatic rings. The number of aromatic nitrogens is 1. The molecule has 0 unspecified atom stereocenters. The smallest absolute Gasteiger partial charge is 0.273 e. The van der Waals surface area contributed by atoms with Crippen LogP contribution in [0.15, 0.2) is 59.7 Å². The average molecular weight is 402 g/mol. The number of ether oxygens (including phenoxy) is 2. The summed E-state index contributed by atoms with van der Waals surface area (Å²) in [6.07, 6.45) is 1.52. The van der Waals surface area contributed by atoms with Gasteiger partial charge in [0, 0.05) is 17.1 Å². The lowest BCUT2D eigenvalue weighted by Crippen LogP contribution is -2.18. The van der Waals surface area contributed by atoms with E-state index in [1.807, 2.05) is 60.9 Å². The summed E-state index contributed by atoms with van der Waals surface area (Å²) in [5, 5.41) is 12.7. The highest BCUT2D eigenvalue weighted by Crippen LogP contribution is 2.27. The van der Waals surface area contributed by atoms with E-state index >= 15 is 0 Å². The number of hydrazone groups is 1. The molecule has 0 aliphatic carbocycles. The lowest BCUT2D eigenvalue weighted by molar-refractivity contribution is 0.0954. The summed E-state index contributed by atoms with van der Waals surface area (Å²) in [4.78, 5) is 12.6. The van der Waals surface area contributed by atoms with Crippen molar-refractivity contribution in [1.82, 2.24) is 9.99 Å². The van der Waals surface area contributed by atoms with Crippen LogP contribution in [0, 0.1) is 25.2 Å². The van der Waals surface area contributed by atoms with Gasteiger partial charge in [0.1, 0.15) is 6.07 Å². The van der Waals surface area contributed by atoms with Crippen molar-refractivity contribution >= 4 is 12.1 Å². The molecule has 30 heavy (non-hydrogen) atoms. The third-order valence-corrected chi connectivity index (χ3v) is 4.55. The molecule has 2 aromatic carbocycles. The third kappa shape index (κ3) is 4.50. The standard InChI is InChI=1S/C23H22N4O3/c1-16-13-20(17(2)27(16)19-7-5-4-6-8-19)23(28)26-25-15-18-9-10-21(30-12-11-24)22(14-18)29-3/h4-10,13-15H,12H2,1-3H3,(H,26,28)/b25-15+. The number of nitrogens with zero attached hydrogens (tertiary/aromatic N) is 3. The van der Waals surface area contributed by atoms with E-state index in [9.17, 15) is 4.79 Å². The van der Waals surface area contributed by atoms with E-state index < -0.39 is 0 Å². The van der Waals surface area contributed by atoms with Gasteiger partial charge in [-0.3, -0.25) is 4.79 Å². The summed E-state index contributed by atoms with van der Waals surface area (Å²) in [7, 11) is 1.51. The first-order valence-corrected chi connectivity index (χ1v) is 9.30. The quantitative estimate of drug-likeness (QED) is 0.481. The Kier molecular flexibility index (Phi) is 6.50. The first-order valence-electron chi connectivity index (χ1n) is 9.30. The van der Waals surface area contributed by atoms with Gasteiger partial charge in [-0.25, -0.2) is 5.43 Å². The van der Waals surface area contributed by atoms with Crippen molar-refractivity contribution in [3.8, 4) is 23.3 Å². The van der Waals surface area contributed by atoms with Crippen molar-refractivity contribution in [2.45, 2.75) is 13.8 Å². The summed E-state index contributed by atoms with van der Waals surface area (Å²) in [5.41, 5.74) is 6.65. The van der Waals surface area contributed by atoms with Gasteiger partial charge in [-0.2, -0.15) is 10.4 Å². The summed E-state index contributed by atoms with van der Waals surface area (Å²) >= 11 is 0. The topological polar surface area (TPSA) is 88.6 Å². The minimum absolute atomic E-state index is 0.0682. The fourth-order valence-corrected chi connectivity index (χ4v) is 3.19. The number of aryl methyl sites for hydroxylation is 1. The number of carbonyl (C=O) groups is 1. The minimum Gasteiger partial charge on any atom is -0.493 e. The molecule has 1 aromatic heterocycles. The van der Waals surface area contributed by atoms with E-state index in [0.29, 0.717) is 22.6 Å². The number of nitriles is 1. The zero-order valence-corrected chi connectivity index (χ0v) is 17.0. The fourth-order valence-electron chi connectivity index (χ4n) is 3.19. The Balaban J connectivity index is 1.73. The van der Waals surface area contributed by atoms with E-state index in [0.717, 1.165) is 17.1 Å². The van der Waals surface area contributed by atoms with E-state index in [4.69, 9.17) is 14.7 Å². The lowest BCUT2D eigenvalue weighted by atomic mass is 10.2. The lowest BCUT2D eigenvalue weighted by Gasteiger charge is -2.09. The van der Waals surface area contributed by atoms with Gasteiger partial charge in [-0.05, 0) is 55.8 Å². The second-order valence-electron chi connectivity index (χ2n) is 6.51. The molecule has 152 valence electrons. The Bertz CT molecular complexity index is 1110. The molecule has 0 aliphatic heterocycles. The number of nitrogens with one attached hydrogen (secondary N) is 1. The highest BCUT2D eigenvalue weighted by Gasteiger charge is 2.16. The molecule has 0 radical (unpaired) electrons. The van der Waals surface area contributed by atoms with Gasteiger partial charge in [0.05, 0.1) is 18.9 Å². The zero-order chi connectivity index (χ0) is 21.5. The summed E-state index contributed by atoms with van der Waals surface area (Å²) in [6.45, 7) is 3.80. The molecule has 0 fully saturated rings. The van der Waals surface area contributed by atoms with Crippen LogP contribution >= 0.6 is 0 Å². The van der Waals surface area contributed by atoms with E-state index in [-0.39, 0.29) is 12.5 Å². The van der Waals surface area contributed by atoms with Gasteiger partial charge in [0.15, 0.2) is 18.1 Å². The molecular weight excluding hydrogens is 380 g/mol. The van der Waals surface area contributed by atoms with Gasteiger partial charge >= 0.3 is 0 Å². The van der Waals surface area contributed by atoms with E-state index in [2.05, 4.69) is 10.5 Å². The number of para-hydroxylation sites is 1. The number of rotatable bonds is 7. The van der Waals surface area contributed by atoms with Crippen LogP contribution < -0.4 is 14.9 Å². The molecule has 1 N–H and O–H groups in total. The van der Waals surface area contributed by atoms with Crippen LogP contribution in [0.25, 0.3) is 5.69 Å². The molecule has 7 nitrogen and oxygen atoms in total. The van der Waals surface area contributed by atoms with E-state index in [1.165, 1.54) is 13.3 Å². The average Bonchev–Trinajstić information content (AvgIpc) is 3.07. The van der Waals surface area contributed by atoms with Crippen LogP contribution in [0.3, 0.4) is 0 Å². The molecule has 3 rings (SSSR count).